The number of nitrogens with zero attached hydrogens (tertiary/aromatic N) is 1. The van der Waals surface area contributed by atoms with Gasteiger partial charge in [0.25, 0.3) is 0 Å². The zero-order valence-corrected chi connectivity index (χ0v) is 14.3. The Morgan fingerprint density at radius 3 is 2.28 bits per heavy atom. The molecule has 0 aliphatic carbocycles. The lowest BCUT2D eigenvalue weighted by Gasteiger charge is -2.21. The maximum Gasteiger partial charge on any atom is 0.341 e. The minimum atomic E-state index is -1.37. The van der Waals surface area contributed by atoms with E-state index in [0.717, 1.165) is 37.8 Å². The van der Waals surface area contributed by atoms with Gasteiger partial charge in [0.05, 0.1) is 0 Å². The molecule has 0 unspecified atom stereocenters. The van der Waals surface area contributed by atoms with Gasteiger partial charge in [0, 0.05) is 35.6 Å². The molecular weight excluding hydrogens is 328 g/mol. The van der Waals surface area contributed by atoms with E-state index < -0.39 is 28.6 Å². The molecule has 0 saturated heterocycles. The number of aromatic carboxylic acids is 1. The number of halogens is 2. The zero-order chi connectivity index (χ0) is 18.6. The van der Waals surface area contributed by atoms with Gasteiger partial charge in [-0.25, -0.2) is 13.6 Å². The third-order valence-corrected chi connectivity index (χ3v) is 4.16. The van der Waals surface area contributed by atoms with Gasteiger partial charge in [-0.2, -0.15) is 0 Å². The first kappa shape index (κ1) is 18.8. The molecule has 0 aliphatic rings. The van der Waals surface area contributed by atoms with Crippen molar-refractivity contribution >= 4 is 5.97 Å². The first-order chi connectivity index (χ1) is 11.9. The largest absolute Gasteiger partial charge is 0.477 e. The van der Waals surface area contributed by atoms with E-state index in [0.29, 0.717) is 6.07 Å². The Morgan fingerprint density at radius 1 is 1.12 bits per heavy atom. The summed E-state index contributed by atoms with van der Waals surface area (Å²) in [5.74, 6) is -3.02. The molecule has 0 atom stereocenters. The smallest absolute Gasteiger partial charge is 0.341 e. The van der Waals surface area contributed by atoms with E-state index in [1.165, 1.54) is 12.4 Å². The summed E-state index contributed by atoms with van der Waals surface area (Å²) < 4.78 is 29.0. The highest BCUT2D eigenvalue weighted by atomic mass is 19.1. The van der Waals surface area contributed by atoms with Gasteiger partial charge in [0.15, 0.2) is 0 Å². The summed E-state index contributed by atoms with van der Waals surface area (Å²) in [6.45, 7) is 4.04. The topological polar surface area (TPSA) is 59.3 Å². The predicted molar refractivity (Wildman–Crippen MR) is 91.9 cm³/mol. The predicted octanol–water partition coefficient (Wildman–Crippen LogP) is 4.63. The summed E-state index contributed by atoms with van der Waals surface area (Å²) in [7, 11) is 0. The average molecular weight is 349 g/mol. The van der Waals surface area contributed by atoms with Gasteiger partial charge in [-0.3, -0.25) is 4.79 Å². The Hall–Kier alpha value is -2.50. The van der Waals surface area contributed by atoms with Gasteiger partial charge < -0.3 is 9.67 Å². The number of rotatable bonds is 7. The molecule has 1 aromatic carbocycles. The molecule has 0 amide bonds. The molecular formula is C19H21F2NO3. The van der Waals surface area contributed by atoms with Crippen LogP contribution in [0.15, 0.2) is 35.4 Å². The second-order valence-electron chi connectivity index (χ2n) is 6.02. The number of hydrogen-bond donors (Lipinski definition) is 1. The Balaban J connectivity index is 2.70. The number of pyridine rings is 1. The number of benzene rings is 1. The SMILES string of the molecule is CCCC(CCC)n1cc(C(=O)O)c(=O)c(-c2ccc(F)cc2F)c1. The maximum absolute atomic E-state index is 14.1. The molecule has 2 aromatic rings. The minimum absolute atomic E-state index is 0.0101. The molecule has 0 bridgehead atoms. The number of aromatic nitrogens is 1. The van der Waals surface area contributed by atoms with E-state index in [-0.39, 0.29) is 17.2 Å². The highest BCUT2D eigenvalue weighted by Gasteiger charge is 2.20. The van der Waals surface area contributed by atoms with Crippen molar-refractivity contribution in [3.8, 4) is 11.1 Å². The highest BCUT2D eigenvalue weighted by molar-refractivity contribution is 5.88. The van der Waals surface area contributed by atoms with Crippen LogP contribution in [-0.4, -0.2) is 15.6 Å². The lowest BCUT2D eigenvalue weighted by Crippen LogP contribution is -2.22. The normalized spacial score (nSPS) is 11.1. The molecule has 4 nitrogen and oxygen atoms in total. The van der Waals surface area contributed by atoms with Crippen molar-refractivity contribution in [3.05, 3.63) is 58.0 Å². The van der Waals surface area contributed by atoms with Crippen LogP contribution in [0, 0.1) is 11.6 Å². The second kappa shape index (κ2) is 8.05. The number of carboxylic acid groups (broad SMARTS) is 1. The van der Waals surface area contributed by atoms with E-state index in [2.05, 4.69) is 0 Å². The van der Waals surface area contributed by atoms with Crippen molar-refractivity contribution in [1.82, 2.24) is 4.57 Å². The third-order valence-electron chi connectivity index (χ3n) is 4.16. The first-order valence-electron chi connectivity index (χ1n) is 8.33. The lowest BCUT2D eigenvalue weighted by atomic mass is 10.0. The van der Waals surface area contributed by atoms with E-state index in [1.54, 1.807) is 4.57 Å². The number of carboxylic acids is 1. The van der Waals surface area contributed by atoms with Crippen molar-refractivity contribution in [2.75, 3.05) is 0 Å². The highest BCUT2D eigenvalue weighted by Crippen LogP contribution is 2.25. The summed E-state index contributed by atoms with van der Waals surface area (Å²) in [4.78, 5) is 24.0. The van der Waals surface area contributed by atoms with Crippen LogP contribution in [-0.2, 0) is 0 Å². The van der Waals surface area contributed by atoms with Gasteiger partial charge in [-0.1, -0.05) is 26.7 Å². The van der Waals surface area contributed by atoms with Crippen LogP contribution in [0.3, 0.4) is 0 Å². The summed E-state index contributed by atoms with van der Waals surface area (Å²) in [6, 6.07) is 2.90. The van der Waals surface area contributed by atoms with E-state index in [9.17, 15) is 23.5 Å². The fraction of sp³-hybridized carbons (Fsp3) is 0.368. The summed E-state index contributed by atoms with van der Waals surface area (Å²) in [6.07, 6.45) is 6.17. The molecule has 25 heavy (non-hydrogen) atoms. The molecule has 0 aliphatic heterocycles. The van der Waals surface area contributed by atoms with Crippen LogP contribution in [0.4, 0.5) is 8.78 Å². The molecule has 0 spiro atoms. The van der Waals surface area contributed by atoms with Crippen molar-refractivity contribution in [1.29, 1.82) is 0 Å². The lowest BCUT2D eigenvalue weighted by molar-refractivity contribution is 0.0694. The first-order valence-corrected chi connectivity index (χ1v) is 8.33. The molecule has 1 heterocycles. The fourth-order valence-corrected chi connectivity index (χ4v) is 2.97. The monoisotopic (exact) mass is 349 g/mol. The van der Waals surface area contributed by atoms with E-state index in [1.807, 2.05) is 13.8 Å². The fourth-order valence-electron chi connectivity index (χ4n) is 2.97. The van der Waals surface area contributed by atoms with Crippen LogP contribution in [0.25, 0.3) is 11.1 Å². The van der Waals surface area contributed by atoms with Gasteiger partial charge in [0.1, 0.15) is 17.2 Å². The molecule has 0 radical (unpaired) electrons. The van der Waals surface area contributed by atoms with Crippen molar-refractivity contribution in [2.24, 2.45) is 0 Å². The standard InChI is InChI=1S/C19H21F2NO3/c1-3-5-13(6-4-2)22-10-15(18(23)16(11-22)19(24)25)14-8-7-12(20)9-17(14)21/h7-11,13H,3-6H2,1-2H3,(H,24,25). The zero-order valence-electron chi connectivity index (χ0n) is 14.3. The minimum Gasteiger partial charge on any atom is -0.477 e. The Kier molecular flexibility index (Phi) is 6.07. The molecule has 0 fully saturated rings. The van der Waals surface area contributed by atoms with Crippen LogP contribution in [0.5, 0.6) is 0 Å². The molecule has 2 rings (SSSR count). The second-order valence-corrected chi connectivity index (χ2v) is 6.02. The summed E-state index contributed by atoms with van der Waals surface area (Å²) in [5, 5.41) is 9.35. The Labute approximate surface area is 144 Å². The molecule has 6 heteroatoms. The maximum atomic E-state index is 14.1. The average Bonchev–Trinajstić information content (AvgIpc) is 2.55. The Bertz CT molecular complexity index is 824. The van der Waals surface area contributed by atoms with Crippen molar-refractivity contribution < 1.29 is 18.7 Å². The number of carbonyl (C=O) groups is 1. The van der Waals surface area contributed by atoms with Crippen LogP contribution < -0.4 is 5.43 Å². The third kappa shape index (κ3) is 4.13. The van der Waals surface area contributed by atoms with E-state index >= 15 is 0 Å². The number of hydrogen-bond acceptors (Lipinski definition) is 2. The Morgan fingerprint density at radius 2 is 1.76 bits per heavy atom. The van der Waals surface area contributed by atoms with E-state index in [4.69, 9.17) is 0 Å². The van der Waals surface area contributed by atoms with Crippen molar-refractivity contribution in [3.63, 3.8) is 0 Å². The van der Waals surface area contributed by atoms with Gasteiger partial charge in [-0.05, 0) is 25.0 Å². The van der Waals surface area contributed by atoms with Crippen LogP contribution in [0.2, 0.25) is 0 Å². The summed E-state index contributed by atoms with van der Waals surface area (Å²) in [5.41, 5.74) is -1.37. The van der Waals surface area contributed by atoms with Crippen molar-refractivity contribution in [2.45, 2.75) is 45.6 Å². The van der Waals surface area contributed by atoms with Gasteiger partial charge in [0.2, 0.25) is 5.43 Å². The molecule has 0 saturated carbocycles. The van der Waals surface area contributed by atoms with Crippen LogP contribution in [0.1, 0.15) is 55.9 Å². The van der Waals surface area contributed by atoms with Gasteiger partial charge >= 0.3 is 5.97 Å². The quantitative estimate of drug-likeness (QED) is 0.792. The summed E-state index contributed by atoms with van der Waals surface area (Å²) >= 11 is 0. The molecule has 134 valence electrons. The van der Waals surface area contributed by atoms with Gasteiger partial charge in [-0.15, -0.1) is 0 Å². The molecule has 1 aromatic heterocycles. The molecule has 1 N–H and O–H groups in total. The van der Waals surface area contributed by atoms with Crippen LogP contribution >= 0.6 is 0 Å².